The maximum Gasteiger partial charge on any atom is 0.328 e. The van der Waals surface area contributed by atoms with Crippen molar-refractivity contribution in [3.8, 4) is 0 Å². The SMILES string of the molecule is O=CN[C@@H](Cc1ccccc1)C(=O)N([C@@H](Cc1c[nH]c2ccccc12)C(=O)O)N1C=CN=CC1. The van der Waals surface area contributed by atoms with Gasteiger partial charge >= 0.3 is 5.97 Å². The zero-order valence-corrected chi connectivity index (χ0v) is 18.4. The Bertz CT molecular complexity index is 1220. The average molecular weight is 460 g/mol. The number of hydrogen-bond acceptors (Lipinski definition) is 5. The van der Waals surface area contributed by atoms with Crippen LogP contribution < -0.4 is 5.32 Å². The maximum absolute atomic E-state index is 13.8. The van der Waals surface area contributed by atoms with Crippen LogP contribution in [-0.2, 0) is 27.2 Å². The van der Waals surface area contributed by atoms with E-state index in [9.17, 15) is 19.5 Å². The van der Waals surface area contributed by atoms with Gasteiger partial charge in [-0.3, -0.25) is 19.6 Å². The number of hydrazine groups is 1. The van der Waals surface area contributed by atoms with Gasteiger partial charge in [-0.2, -0.15) is 0 Å². The summed E-state index contributed by atoms with van der Waals surface area (Å²) in [6.07, 6.45) is 7.17. The molecule has 0 saturated heterocycles. The molecule has 0 bridgehead atoms. The highest BCUT2D eigenvalue weighted by molar-refractivity contribution is 5.89. The van der Waals surface area contributed by atoms with Crippen LogP contribution >= 0.6 is 0 Å². The Morgan fingerprint density at radius 2 is 1.91 bits per heavy atom. The molecule has 2 amide bonds. The largest absolute Gasteiger partial charge is 0.480 e. The molecule has 34 heavy (non-hydrogen) atoms. The zero-order valence-electron chi connectivity index (χ0n) is 18.4. The van der Waals surface area contributed by atoms with Gasteiger partial charge < -0.3 is 15.4 Å². The highest BCUT2D eigenvalue weighted by Crippen LogP contribution is 2.23. The number of aliphatic carboxylic acids is 1. The molecule has 2 heterocycles. The van der Waals surface area contributed by atoms with Crippen LogP contribution in [-0.4, -0.2) is 63.2 Å². The minimum atomic E-state index is -1.21. The number of benzene rings is 2. The summed E-state index contributed by atoms with van der Waals surface area (Å²) in [6.45, 7) is 0.221. The molecule has 3 aromatic rings. The molecule has 9 heteroatoms. The van der Waals surface area contributed by atoms with Crippen molar-refractivity contribution in [3.63, 3.8) is 0 Å². The number of aromatic nitrogens is 1. The number of aromatic amines is 1. The van der Waals surface area contributed by atoms with Gasteiger partial charge in [0.15, 0.2) is 6.04 Å². The second kappa shape index (κ2) is 10.5. The molecule has 3 N–H and O–H groups in total. The van der Waals surface area contributed by atoms with Gasteiger partial charge in [0, 0.05) is 48.6 Å². The van der Waals surface area contributed by atoms with E-state index >= 15 is 0 Å². The van der Waals surface area contributed by atoms with E-state index < -0.39 is 24.0 Å². The smallest absolute Gasteiger partial charge is 0.328 e. The number of nitrogens with zero attached hydrogens (tertiary/aromatic N) is 3. The molecule has 0 saturated carbocycles. The lowest BCUT2D eigenvalue weighted by Gasteiger charge is -2.39. The molecule has 1 aromatic heterocycles. The van der Waals surface area contributed by atoms with E-state index in [1.54, 1.807) is 18.6 Å². The lowest BCUT2D eigenvalue weighted by molar-refractivity contribution is -0.164. The van der Waals surface area contributed by atoms with Gasteiger partial charge in [0.1, 0.15) is 6.04 Å². The predicted octanol–water partition coefficient (Wildman–Crippen LogP) is 2.12. The number of carbonyl (C=O) groups excluding carboxylic acids is 2. The lowest BCUT2D eigenvalue weighted by Crippen LogP contribution is -2.60. The number of fused-ring (bicyclic) bond motifs is 1. The molecule has 4 rings (SSSR count). The molecule has 9 nitrogen and oxygen atoms in total. The van der Waals surface area contributed by atoms with Crippen LogP contribution in [0.4, 0.5) is 0 Å². The number of amides is 2. The highest BCUT2D eigenvalue weighted by Gasteiger charge is 2.37. The molecule has 0 spiro atoms. The Kier molecular flexibility index (Phi) is 7.02. The molecular formula is C25H25N5O4. The van der Waals surface area contributed by atoms with E-state index in [0.29, 0.717) is 6.41 Å². The molecule has 0 unspecified atom stereocenters. The van der Waals surface area contributed by atoms with Crippen LogP contribution in [0.25, 0.3) is 10.9 Å². The Hall–Kier alpha value is -4.40. The number of hydrogen-bond donors (Lipinski definition) is 3. The van der Waals surface area contributed by atoms with Crippen molar-refractivity contribution in [1.82, 2.24) is 20.3 Å². The summed E-state index contributed by atoms with van der Waals surface area (Å²) in [7, 11) is 0. The Balaban J connectivity index is 1.69. The van der Waals surface area contributed by atoms with Crippen LogP contribution in [0.5, 0.6) is 0 Å². The van der Waals surface area contributed by atoms with Crippen molar-refractivity contribution in [3.05, 3.63) is 84.3 Å². The standard InChI is InChI=1S/C25H25N5O4/c31-17-28-22(14-18-6-2-1-3-7-18)24(32)30(29-12-10-26-11-13-29)23(25(33)34)15-19-16-27-21-9-5-4-8-20(19)21/h1-12,16-17,22-23,27H,13-15H2,(H,28,31)(H,33,34)/t22-,23-/m0/s1. The first-order valence-corrected chi connectivity index (χ1v) is 10.9. The van der Waals surface area contributed by atoms with Crippen LogP contribution in [0.1, 0.15) is 11.1 Å². The van der Waals surface area contributed by atoms with Crippen molar-refractivity contribution in [2.75, 3.05) is 6.54 Å². The van der Waals surface area contributed by atoms with Gasteiger partial charge in [0.05, 0.1) is 6.54 Å². The normalized spacial score (nSPS) is 14.5. The number of H-pyrrole nitrogens is 1. The van der Waals surface area contributed by atoms with E-state index in [1.807, 2.05) is 54.6 Å². The molecule has 174 valence electrons. The number of carbonyl (C=O) groups is 3. The zero-order chi connectivity index (χ0) is 23.9. The van der Waals surface area contributed by atoms with Crippen molar-refractivity contribution < 1.29 is 19.5 Å². The molecule has 0 aliphatic carbocycles. The van der Waals surface area contributed by atoms with Crippen LogP contribution in [0, 0.1) is 0 Å². The number of rotatable bonds is 10. The fraction of sp³-hybridized carbons (Fsp3) is 0.200. The summed E-state index contributed by atoms with van der Waals surface area (Å²) in [5.41, 5.74) is 2.50. The van der Waals surface area contributed by atoms with E-state index in [4.69, 9.17) is 0 Å². The molecule has 2 atom stereocenters. The quantitative estimate of drug-likeness (QED) is 0.402. The van der Waals surface area contributed by atoms with Gasteiger partial charge in [0.2, 0.25) is 6.41 Å². The van der Waals surface area contributed by atoms with Crippen molar-refractivity contribution in [1.29, 1.82) is 0 Å². The Morgan fingerprint density at radius 3 is 2.62 bits per heavy atom. The minimum absolute atomic E-state index is 0.0751. The highest BCUT2D eigenvalue weighted by atomic mass is 16.4. The first-order valence-electron chi connectivity index (χ1n) is 10.9. The molecule has 1 aliphatic rings. The summed E-state index contributed by atoms with van der Waals surface area (Å²) in [4.78, 5) is 44.8. The second-order valence-corrected chi connectivity index (χ2v) is 7.88. The number of carboxylic acid groups (broad SMARTS) is 1. The summed E-state index contributed by atoms with van der Waals surface area (Å²) >= 11 is 0. The number of carboxylic acids is 1. The summed E-state index contributed by atoms with van der Waals surface area (Å²) in [5.74, 6) is -1.68. The third-order valence-electron chi connectivity index (χ3n) is 5.72. The minimum Gasteiger partial charge on any atom is -0.480 e. The van der Waals surface area contributed by atoms with Crippen LogP contribution in [0.15, 0.2) is 78.2 Å². The third-order valence-corrected chi connectivity index (χ3v) is 5.72. The number of para-hydroxylation sites is 1. The second-order valence-electron chi connectivity index (χ2n) is 7.88. The van der Waals surface area contributed by atoms with Gasteiger partial charge in [-0.1, -0.05) is 48.5 Å². The van der Waals surface area contributed by atoms with Gasteiger partial charge in [-0.05, 0) is 17.2 Å². The summed E-state index contributed by atoms with van der Waals surface area (Å²) < 4.78 is 0. The summed E-state index contributed by atoms with van der Waals surface area (Å²) in [6, 6.07) is 14.7. The van der Waals surface area contributed by atoms with Crippen molar-refractivity contribution in [2.24, 2.45) is 4.99 Å². The maximum atomic E-state index is 13.8. The fourth-order valence-corrected chi connectivity index (χ4v) is 4.08. The van der Waals surface area contributed by atoms with E-state index in [-0.39, 0.29) is 19.4 Å². The monoisotopic (exact) mass is 459 g/mol. The molecule has 0 fully saturated rings. The van der Waals surface area contributed by atoms with Crippen LogP contribution in [0.2, 0.25) is 0 Å². The molecule has 1 aliphatic heterocycles. The molecule has 2 aromatic carbocycles. The van der Waals surface area contributed by atoms with Crippen molar-refractivity contribution >= 4 is 35.4 Å². The van der Waals surface area contributed by atoms with Gasteiger partial charge in [-0.25, -0.2) is 9.80 Å². The van der Waals surface area contributed by atoms with E-state index in [1.165, 1.54) is 16.2 Å². The average Bonchev–Trinajstić information content (AvgIpc) is 3.27. The Labute approximate surface area is 196 Å². The number of aliphatic imine (C=N–C) groups is 1. The van der Waals surface area contributed by atoms with E-state index in [2.05, 4.69) is 15.3 Å². The van der Waals surface area contributed by atoms with Gasteiger partial charge in [-0.15, -0.1) is 0 Å². The Morgan fingerprint density at radius 1 is 1.15 bits per heavy atom. The first kappa shape index (κ1) is 22.8. The van der Waals surface area contributed by atoms with Gasteiger partial charge in [0.25, 0.3) is 5.91 Å². The lowest BCUT2D eigenvalue weighted by atomic mass is 10.0. The van der Waals surface area contributed by atoms with Crippen LogP contribution in [0.3, 0.4) is 0 Å². The summed E-state index contributed by atoms with van der Waals surface area (Å²) in [5, 5.41) is 16.4. The first-order chi connectivity index (χ1) is 16.6. The van der Waals surface area contributed by atoms with E-state index in [0.717, 1.165) is 22.0 Å². The fourth-order valence-electron chi connectivity index (χ4n) is 4.08. The molecule has 0 radical (unpaired) electrons. The van der Waals surface area contributed by atoms with Crippen molar-refractivity contribution in [2.45, 2.75) is 24.9 Å². The number of nitrogens with one attached hydrogen (secondary N) is 2. The third kappa shape index (κ3) is 4.98. The predicted molar refractivity (Wildman–Crippen MR) is 128 cm³/mol. The molecular weight excluding hydrogens is 434 g/mol. The topological polar surface area (TPSA) is 118 Å².